The number of hydrogen-bond acceptors (Lipinski definition) is 2. The first-order valence-corrected chi connectivity index (χ1v) is 24.9. The van der Waals surface area contributed by atoms with E-state index in [1.807, 2.05) is 48.5 Å². The minimum Gasteiger partial charge on any atom is -0.238 e. The third-order valence-corrected chi connectivity index (χ3v) is 15.0. The van der Waals surface area contributed by atoms with Crippen LogP contribution >= 0.6 is 0 Å². The van der Waals surface area contributed by atoms with Crippen molar-refractivity contribution in [2.24, 2.45) is 0 Å². The van der Waals surface area contributed by atoms with Crippen LogP contribution in [0.15, 0.2) is 200 Å². The van der Waals surface area contributed by atoms with Gasteiger partial charge >= 0.3 is 321 Å². The van der Waals surface area contributed by atoms with Gasteiger partial charge in [-0.3, -0.25) is 0 Å². The third kappa shape index (κ3) is 7.61. The number of ether oxygens (including phenoxy) is 1. The summed E-state index contributed by atoms with van der Waals surface area (Å²) in [6.07, 6.45) is 4.73. The summed E-state index contributed by atoms with van der Waals surface area (Å²) in [6.45, 7) is 4.54. The number of aryl methyl sites for hydroxylation is 2. The molecular formula is C63H52N4OPt. The molecule has 340 valence electrons. The Hall–Kier alpha value is -7.33. The van der Waals surface area contributed by atoms with Gasteiger partial charge in [0.1, 0.15) is 0 Å². The van der Waals surface area contributed by atoms with Crippen LogP contribution < -0.4 is 4.74 Å². The maximum Gasteiger partial charge on any atom is 0.0374 e. The van der Waals surface area contributed by atoms with Crippen molar-refractivity contribution in [1.82, 2.24) is 18.7 Å². The molecule has 0 saturated carbocycles. The Bertz CT molecular complexity index is 3860. The zero-order valence-electron chi connectivity index (χ0n) is 41.8. The monoisotopic (exact) mass is 1080 g/mol. The molecule has 1 aliphatic carbocycles. The van der Waals surface area contributed by atoms with Gasteiger partial charge in [-0.2, -0.15) is 0 Å². The fourth-order valence-corrected chi connectivity index (χ4v) is 11.7. The Kier molecular flexibility index (Phi) is 9.95. The summed E-state index contributed by atoms with van der Waals surface area (Å²) >= 11 is 2.59. The Labute approximate surface area is 418 Å². The molecule has 0 bridgehead atoms. The van der Waals surface area contributed by atoms with Crippen LogP contribution in [0.3, 0.4) is 0 Å². The number of benzene rings is 8. The second-order valence-corrected chi connectivity index (χ2v) is 20.2. The van der Waals surface area contributed by atoms with Crippen LogP contribution in [0.1, 0.15) is 66.0 Å². The standard InChI is InChI=1S/C63H52N4O.Pt/c1-42-35-61(64-40-55(42)45-23-12-7-13-24-45)67-57-27-15-14-26-50(57)51-34-33-49(39-60(51)67)68-48-32-31-46-25-18-30-56(52(46)38-48)65-41-66(59-29-17-16-28-58(59)65)62-53(43-19-8-5-9-20-43)36-47(63(2,3)4)37-54(62)44-21-10-6-11-22-44;/h5-17,19-24,26-29,31-40,56H,18,25,30H2,1-4H3;/i1D3;. The Morgan fingerprint density at radius 2 is 1.16 bits per heavy atom. The van der Waals surface area contributed by atoms with Gasteiger partial charge < -0.3 is 0 Å². The number of rotatable bonds is 8. The minimum absolute atomic E-state index is 0.0486. The van der Waals surface area contributed by atoms with E-state index in [0.29, 0.717) is 17.1 Å². The molecule has 69 heavy (non-hydrogen) atoms. The Morgan fingerprint density at radius 1 is 0.580 bits per heavy atom. The van der Waals surface area contributed by atoms with E-state index in [9.17, 15) is 0 Å². The Balaban J connectivity index is 0.983. The zero-order chi connectivity index (χ0) is 49.3. The first-order chi connectivity index (χ1) is 34.9. The third-order valence-electron chi connectivity index (χ3n) is 13.9. The summed E-state index contributed by atoms with van der Waals surface area (Å²) in [5, 5.41) is 2.07. The quantitative estimate of drug-likeness (QED) is 0.152. The summed E-state index contributed by atoms with van der Waals surface area (Å²) in [4.78, 5) is 4.94. The van der Waals surface area contributed by atoms with E-state index < -0.39 is 6.85 Å². The average Bonchev–Trinajstić information content (AvgIpc) is 3.88. The number of fused-ring (bicyclic) bond motifs is 5. The molecule has 0 saturated heterocycles. The first-order valence-electron chi connectivity index (χ1n) is 25.3. The van der Waals surface area contributed by atoms with Crippen molar-refractivity contribution >= 4 is 32.8 Å². The van der Waals surface area contributed by atoms with Crippen LogP contribution in [0.25, 0.3) is 77.7 Å². The SMILES string of the molecule is [2H]C([2H])([2H])c1cc(-n2c3ccccc3c3ccc(Oc4ccc5c(c4)C(n4[c](=[Pt])n(-c6c(-c7ccccc7)cc(C(C)(C)C)cc6-c6ccccc6)c6ccccc64)CCC5)cc32)ncc1-c1ccccc1. The largest absolute Gasteiger partial charge is 0.238 e. The molecule has 5 nitrogen and oxygen atoms in total. The molecular weight excluding hydrogens is 1020 g/mol. The fraction of sp³-hybridized carbons (Fsp3) is 0.143. The van der Waals surface area contributed by atoms with Crippen LogP contribution in [-0.4, -0.2) is 18.7 Å². The molecule has 0 radical (unpaired) electrons. The van der Waals surface area contributed by atoms with Crippen molar-refractivity contribution < 1.29 is 28.2 Å². The molecule has 0 aliphatic heterocycles. The Morgan fingerprint density at radius 3 is 1.83 bits per heavy atom. The van der Waals surface area contributed by atoms with Crippen molar-refractivity contribution in [3.05, 3.63) is 226 Å². The summed E-state index contributed by atoms with van der Waals surface area (Å²) in [5.41, 5.74) is 15.5. The average molecular weight is 1080 g/mol. The van der Waals surface area contributed by atoms with Gasteiger partial charge in [-0.25, -0.2) is 4.98 Å². The number of pyridine rings is 1. The number of aromatic nitrogens is 4. The molecule has 1 unspecified atom stereocenters. The van der Waals surface area contributed by atoms with Crippen LogP contribution in [0.4, 0.5) is 0 Å². The van der Waals surface area contributed by atoms with E-state index in [-0.39, 0.29) is 17.0 Å². The smallest absolute Gasteiger partial charge is 0.0374 e. The second-order valence-electron chi connectivity index (χ2n) is 19.2. The predicted octanol–water partition coefficient (Wildman–Crippen LogP) is 16.3. The van der Waals surface area contributed by atoms with Crippen LogP contribution in [0.5, 0.6) is 11.5 Å². The van der Waals surface area contributed by atoms with Gasteiger partial charge in [0.2, 0.25) is 0 Å². The molecule has 1 aliphatic rings. The molecule has 3 aromatic heterocycles. The van der Waals surface area contributed by atoms with Crippen molar-refractivity contribution in [1.29, 1.82) is 0 Å². The number of para-hydroxylation sites is 3. The molecule has 0 amide bonds. The van der Waals surface area contributed by atoms with Gasteiger partial charge in [-0.1, -0.05) is 48.5 Å². The maximum atomic E-state index is 8.58. The molecule has 0 N–H and O–H groups in total. The second kappa shape index (κ2) is 17.3. The van der Waals surface area contributed by atoms with Crippen molar-refractivity contribution in [3.63, 3.8) is 0 Å². The van der Waals surface area contributed by atoms with Crippen LogP contribution in [0.2, 0.25) is 0 Å². The summed E-state index contributed by atoms with van der Waals surface area (Å²) in [7, 11) is 0. The van der Waals surface area contributed by atoms with Gasteiger partial charge in [-0.05, 0) is 30.1 Å². The van der Waals surface area contributed by atoms with Crippen molar-refractivity contribution in [2.75, 3.05) is 0 Å². The fourth-order valence-electron chi connectivity index (χ4n) is 10.5. The van der Waals surface area contributed by atoms with Gasteiger partial charge in [0.05, 0.1) is 0 Å². The molecule has 0 spiro atoms. The van der Waals surface area contributed by atoms with E-state index in [2.05, 4.69) is 193 Å². The predicted molar refractivity (Wildman–Crippen MR) is 280 cm³/mol. The van der Waals surface area contributed by atoms with E-state index in [0.717, 1.165) is 61.7 Å². The normalized spacial score (nSPS) is 14.7. The van der Waals surface area contributed by atoms with E-state index in [1.165, 1.54) is 50.1 Å². The van der Waals surface area contributed by atoms with E-state index in [4.69, 9.17) is 13.8 Å². The van der Waals surface area contributed by atoms with E-state index in [1.54, 1.807) is 12.3 Å². The van der Waals surface area contributed by atoms with E-state index >= 15 is 0 Å². The van der Waals surface area contributed by atoms with Gasteiger partial charge in [0, 0.05) is 15.9 Å². The molecule has 6 heteroatoms. The summed E-state index contributed by atoms with van der Waals surface area (Å²) < 4.78 is 40.9. The van der Waals surface area contributed by atoms with Gasteiger partial charge in [0.15, 0.2) is 0 Å². The molecule has 1 atom stereocenters. The number of nitrogens with zero attached hydrogens (tertiary/aromatic N) is 4. The molecule has 11 aromatic rings. The first kappa shape index (κ1) is 39.6. The summed E-state index contributed by atoms with van der Waals surface area (Å²) in [6, 6.07) is 67.7. The van der Waals surface area contributed by atoms with Gasteiger partial charge in [-0.15, -0.1) is 0 Å². The molecule has 8 aromatic carbocycles. The van der Waals surface area contributed by atoms with Crippen molar-refractivity contribution in [3.8, 4) is 56.4 Å². The van der Waals surface area contributed by atoms with Crippen LogP contribution in [0, 0.1) is 10.7 Å². The summed E-state index contributed by atoms with van der Waals surface area (Å²) in [5.74, 6) is 1.96. The topological polar surface area (TPSA) is 36.9 Å². The van der Waals surface area contributed by atoms with Crippen LogP contribution in [-0.2, 0) is 31.2 Å². The van der Waals surface area contributed by atoms with Gasteiger partial charge in [0.25, 0.3) is 0 Å². The minimum atomic E-state index is -2.36. The number of imidazole rings is 1. The molecule has 12 rings (SSSR count). The zero-order valence-corrected chi connectivity index (χ0v) is 41.0. The maximum absolute atomic E-state index is 8.58. The molecule has 3 heterocycles. The molecule has 0 fully saturated rings. The number of hydrogen-bond donors (Lipinski definition) is 0. The van der Waals surface area contributed by atoms with Crippen molar-refractivity contribution in [2.45, 2.75) is 58.3 Å².